The summed E-state index contributed by atoms with van der Waals surface area (Å²) in [5, 5.41) is 11.8. The lowest BCUT2D eigenvalue weighted by Crippen LogP contribution is -2.08. The molecule has 7 nitrogen and oxygen atoms in total. The molecule has 4 heterocycles. The van der Waals surface area contributed by atoms with E-state index < -0.39 is 0 Å². The number of rotatable bonds is 5. The standard InChI is InChI=1S/C16H19N5O2/c1-10-12(11(2)23-19-10)9-21-8-6-14(18-21)17-16-15(22-16)13-5-4-7-20(13)3/h4-8,15-16H,9H2,1-3H3,(H,17,18). The zero-order valence-corrected chi connectivity index (χ0v) is 13.4. The van der Waals surface area contributed by atoms with Gasteiger partial charge in [-0.1, -0.05) is 5.16 Å². The summed E-state index contributed by atoms with van der Waals surface area (Å²) in [6.07, 6.45) is 4.02. The van der Waals surface area contributed by atoms with E-state index in [2.05, 4.69) is 26.2 Å². The van der Waals surface area contributed by atoms with E-state index in [4.69, 9.17) is 9.26 Å². The van der Waals surface area contributed by atoms with Gasteiger partial charge in [0.2, 0.25) is 0 Å². The second kappa shape index (κ2) is 5.27. The number of epoxide rings is 1. The van der Waals surface area contributed by atoms with Gasteiger partial charge in [0.05, 0.1) is 17.9 Å². The second-order valence-electron chi connectivity index (χ2n) is 5.87. The van der Waals surface area contributed by atoms with Crippen LogP contribution in [0.15, 0.2) is 35.1 Å². The van der Waals surface area contributed by atoms with E-state index in [1.165, 1.54) is 0 Å². The zero-order chi connectivity index (χ0) is 16.0. The Bertz CT molecular complexity index is 812. The molecule has 0 bridgehead atoms. The second-order valence-corrected chi connectivity index (χ2v) is 5.87. The SMILES string of the molecule is Cc1noc(C)c1Cn1ccc(NC2OC2c2cccn2C)n1. The first-order valence-corrected chi connectivity index (χ1v) is 7.60. The Morgan fingerprint density at radius 2 is 2.13 bits per heavy atom. The first-order valence-electron chi connectivity index (χ1n) is 7.60. The molecule has 2 unspecified atom stereocenters. The van der Waals surface area contributed by atoms with Gasteiger partial charge in [-0.2, -0.15) is 5.10 Å². The predicted molar refractivity (Wildman–Crippen MR) is 84.0 cm³/mol. The maximum absolute atomic E-state index is 5.69. The summed E-state index contributed by atoms with van der Waals surface area (Å²) < 4.78 is 14.8. The summed E-state index contributed by atoms with van der Waals surface area (Å²) in [5.41, 5.74) is 3.14. The van der Waals surface area contributed by atoms with Crippen LogP contribution >= 0.6 is 0 Å². The van der Waals surface area contributed by atoms with E-state index in [0.717, 1.165) is 28.5 Å². The van der Waals surface area contributed by atoms with Gasteiger partial charge >= 0.3 is 0 Å². The first-order chi connectivity index (χ1) is 11.1. The van der Waals surface area contributed by atoms with E-state index in [1.54, 1.807) is 0 Å². The van der Waals surface area contributed by atoms with Crippen molar-refractivity contribution in [1.82, 2.24) is 19.5 Å². The van der Waals surface area contributed by atoms with Crippen molar-refractivity contribution in [3.05, 3.63) is 53.3 Å². The van der Waals surface area contributed by atoms with Crippen molar-refractivity contribution in [2.45, 2.75) is 32.7 Å². The number of ether oxygens (including phenoxy) is 1. The minimum atomic E-state index is -0.0222. The quantitative estimate of drug-likeness (QED) is 0.732. The van der Waals surface area contributed by atoms with Gasteiger partial charge in [0.25, 0.3) is 0 Å². The largest absolute Gasteiger partial charge is 0.361 e. The Morgan fingerprint density at radius 3 is 2.83 bits per heavy atom. The van der Waals surface area contributed by atoms with Gasteiger partial charge < -0.3 is 19.1 Å². The summed E-state index contributed by atoms with van der Waals surface area (Å²) in [6.45, 7) is 4.51. The first kappa shape index (κ1) is 14.1. The average Bonchev–Trinajstić information content (AvgIpc) is 2.85. The number of hydrogen-bond acceptors (Lipinski definition) is 5. The summed E-state index contributed by atoms with van der Waals surface area (Å²) in [7, 11) is 2.02. The van der Waals surface area contributed by atoms with Crippen LogP contribution in [0.3, 0.4) is 0 Å². The molecule has 0 aromatic carbocycles. The molecule has 3 aromatic rings. The van der Waals surface area contributed by atoms with Gasteiger partial charge in [0.1, 0.15) is 17.7 Å². The highest BCUT2D eigenvalue weighted by atomic mass is 16.6. The molecule has 23 heavy (non-hydrogen) atoms. The number of nitrogens with zero attached hydrogens (tertiary/aromatic N) is 4. The Kier molecular flexibility index (Phi) is 3.23. The lowest BCUT2D eigenvalue weighted by atomic mass is 10.2. The molecule has 1 aliphatic rings. The Balaban J connectivity index is 1.41. The minimum absolute atomic E-state index is 0.0222. The van der Waals surface area contributed by atoms with Crippen LogP contribution in [0.25, 0.3) is 0 Å². The minimum Gasteiger partial charge on any atom is -0.361 e. The van der Waals surface area contributed by atoms with Gasteiger partial charge in [-0.15, -0.1) is 0 Å². The molecule has 0 saturated carbocycles. The van der Waals surface area contributed by atoms with Crippen LogP contribution in [0.2, 0.25) is 0 Å². The van der Waals surface area contributed by atoms with Gasteiger partial charge in [0.15, 0.2) is 6.23 Å². The monoisotopic (exact) mass is 313 g/mol. The Hall–Kier alpha value is -2.54. The van der Waals surface area contributed by atoms with Gasteiger partial charge in [-0.25, -0.2) is 0 Å². The van der Waals surface area contributed by atoms with E-state index in [0.29, 0.717) is 6.54 Å². The third-order valence-electron chi connectivity index (χ3n) is 4.20. The molecule has 1 N–H and O–H groups in total. The van der Waals surface area contributed by atoms with Crippen LogP contribution in [-0.2, 0) is 18.3 Å². The Morgan fingerprint density at radius 1 is 1.26 bits per heavy atom. The number of anilines is 1. The molecular formula is C16H19N5O2. The average molecular weight is 313 g/mol. The van der Waals surface area contributed by atoms with E-state index >= 15 is 0 Å². The molecule has 2 atom stereocenters. The van der Waals surface area contributed by atoms with Crippen molar-refractivity contribution >= 4 is 5.82 Å². The molecule has 4 rings (SSSR count). The number of nitrogens with one attached hydrogen (secondary N) is 1. The third kappa shape index (κ3) is 2.63. The molecule has 0 spiro atoms. The molecule has 1 saturated heterocycles. The van der Waals surface area contributed by atoms with E-state index in [9.17, 15) is 0 Å². The fourth-order valence-corrected chi connectivity index (χ4v) is 2.78. The maximum atomic E-state index is 5.69. The van der Waals surface area contributed by atoms with E-state index in [1.807, 2.05) is 50.1 Å². The fourth-order valence-electron chi connectivity index (χ4n) is 2.78. The molecule has 0 radical (unpaired) electrons. The Labute approximate surface area is 133 Å². The smallest absolute Gasteiger partial charge is 0.162 e. The highest BCUT2D eigenvalue weighted by Crippen LogP contribution is 2.38. The van der Waals surface area contributed by atoms with Crippen LogP contribution in [0, 0.1) is 13.8 Å². The summed E-state index contributed by atoms with van der Waals surface area (Å²) >= 11 is 0. The van der Waals surface area contributed by atoms with Crippen LogP contribution in [-0.4, -0.2) is 25.7 Å². The summed E-state index contributed by atoms with van der Waals surface area (Å²) in [4.78, 5) is 0. The van der Waals surface area contributed by atoms with Crippen molar-refractivity contribution in [1.29, 1.82) is 0 Å². The van der Waals surface area contributed by atoms with Crippen LogP contribution in [0.1, 0.15) is 28.8 Å². The van der Waals surface area contributed by atoms with Crippen molar-refractivity contribution in [2.75, 3.05) is 5.32 Å². The number of aromatic nitrogens is 4. The van der Waals surface area contributed by atoms with Crippen molar-refractivity contribution in [2.24, 2.45) is 7.05 Å². The normalized spacial score (nSPS) is 20.0. The molecule has 0 amide bonds. The number of hydrogen-bond donors (Lipinski definition) is 1. The summed E-state index contributed by atoms with van der Waals surface area (Å²) in [5.74, 6) is 1.64. The van der Waals surface area contributed by atoms with Crippen LogP contribution in [0.4, 0.5) is 5.82 Å². The summed E-state index contributed by atoms with van der Waals surface area (Å²) in [6, 6.07) is 6.04. The molecule has 3 aromatic heterocycles. The van der Waals surface area contributed by atoms with Gasteiger partial charge in [-0.05, 0) is 26.0 Å². The topological polar surface area (TPSA) is 73.3 Å². The van der Waals surface area contributed by atoms with Crippen LogP contribution < -0.4 is 5.32 Å². The molecule has 1 aliphatic heterocycles. The highest BCUT2D eigenvalue weighted by Gasteiger charge is 2.42. The van der Waals surface area contributed by atoms with Crippen molar-refractivity contribution < 1.29 is 9.26 Å². The molecule has 120 valence electrons. The third-order valence-corrected chi connectivity index (χ3v) is 4.20. The highest BCUT2D eigenvalue weighted by molar-refractivity contribution is 5.36. The lowest BCUT2D eigenvalue weighted by Gasteiger charge is -2.02. The molecule has 1 fully saturated rings. The maximum Gasteiger partial charge on any atom is 0.162 e. The van der Waals surface area contributed by atoms with Crippen molar-refractivity contribution in [3.63, 3.8) is 0 Å². The molecular weight excluding hydrogens is 294 g/mol. The number of aryl methyl sites for hydroxylation is 3. The van der Waals surface area contributed by atoms with E-state index in [-0.39, 0.29) is 12.3 Å². The molecule has 0 aliphatic carbocycles. The zero-order valence-electron chi connectivity index (χ0n) is 13.4. The van der Waals surface area contributed by atoms with Gasteiger partial charge in [-0.3, -0.25) is 4.68 Å². The molecule has 7 heteroatoms. The lowest BCUT2D eigenvalue weighted by molar-refractivity contribution is 0.380. The predicted octanol–water partition coefficient (Wildman–Crippen LogP) is 2.38. The van der Waals surface area contributed by atoms with Crippen LogP contribution in [0.5, 0.6) is 0 Å². The fraction of sp³-hybridized carbons (Fsp3) is 0.375. The van der Waals surface area contributed by atoms with Crippen molar-refractivity contribution in [3.8, 4) is 0 Å². The van der Waals surface area contributed by atoms with Gasteiger partial charge in [0, 0.05) is 31.1 Å².